The third-order valence-corrected chi connectivity index (χ3v) is 5.77. The number of nitrogens with zero attached hydrogens (tertiary/aromatic N) is 2. The zero-order chi connectivity index (χ0) is 23.8. The lowest BCUT2D eigenvalue weighted by Crippen LogP contribution is -2.45. The van der Waals surface area contributed by atoms with Gasteiger partial charge in [-0.3, -0.25) is 9.59 Å². The number of nitrogens with one attached hydrogen (secondary N) is 1. The fraction of sp³-hybridized carbons (Fsp3) is 0.346. The lowest BCUT2D eigenvalue weighted by molar-refractivity contribution is -0.164. The first kappa shape index (κ1) is 22.6. The van der Waals surface area contributed by atoms with Gasteiger partial charge in [0, 0.05) is 36.3 Å². The highest BCUT2D eigenvalue weighted by atomic mass is 16.6. The summed E-state index contributed by atoms with van der Waals surface area (Å²) in [7, 11) is 1.92. The van der Waals surface area contributed by atoms with Crippen LogP contribution in [0.4, 0.5) is 0 Å². The zero-order valence-corrected chi connectivity index (χ0v) is 19.4. The van der Waals surface area contributed by atoms with Gasteiger partial charge >= 0.3 is 5.97 Å². The van der Waals surface area contributed by atoms with Gasteiger partial charge in [-0.1, -0.05) is 36.4 Å². The van der Waals surface area contributed by atoms with Gasteiger partial charge in [0.1, 0.15) is 11.6 Å². The van der Waals surface area contributed by atoms with Gasteiger partial charge in [0.15, 0.2) is 6.04 Å². The molecule has 7 heteroatoms. The van der Waals surface area contributed by atoms with Crippen molar-refractivity contribution in [1.82, 2.24) is 14.8 Å². The molecule has 0 aliphatic carbocycles. The van der Waals surface area contributed by atoms with Crippen molar-refractivity contribution in [2.75, 3.05) is 6.54 Å². The molecule has 1 N–H and O–H groups in total. The van der Waals surface area contributed by atoms with Gasteiger partial charge in [-0.2, -0.15) is 0 Å². The molecule has 0 unspecified atom stereocenters. The summed E-state index contributed by atoms with van der Waals surface area (Å²) in [6.07, 6.45) is 2.32. The molecule has 33 heavy (non-hydrogen) atoms. The molecule has 1 saturated heterocycles. The van der Waals surface area contributed by atoms with E-state index < -0.39 is 23.7 Å². The maximum Gasteiger partial charge on any atom is 0.334 e. The van der Waals surface area contributed by atoms with Crippen LogP contribution in [0.3, 0.4) is 0 Å². The lowest BCUT2D eigenvalue weighted by atomic mass is 10.0. The van der Waals surface area contributed by atoms with Crippen LogP contribution in [0.1, 0.15) is 49.2 Å². The number of amides is 2. The molecule has 0 bridgehead atoms. The number of hydrogen-bond donors (Lipinski definition) is 1. The standard InChI is InChI=1S/C26H29N3O4/c1-26(2,3)33-25(32)22(17-9-6-5-7-10-17)29-16-14-20(24(29)31)27-23(30)19-11-8-12-21-18(19)13-15-28(21)4/h5-13,15,20,22H,14,16H2,1-4H3,(H,27,30)/t20-,22+/m1/s1. The van der Waals surface area contributed by atoms with Crippen LogP contribution in [0.2, 0.25) is 0 Å². The summed E-state index contributed by atoms with van der Waals surface area (Å²) >= 11 is 0. The Kier molecular flexibility index (Phi) is 5.97. The Labute approximate surface area is 193 Å². The average molecular weight is 448 g/mol. The van der Waals surface area contributed by atoms with Crippen LogP contribution in [0.15, 0.2) is 60.8 Å². The number of benzene rings is 2. The second kappa shape index (κ2) is 8.73. The van der Waals surface area contributed by atoms with E-state index in [1.807, 2.05) is 66.3 Å². The summed E-state index contributed by atoms with van der Waals surface area (Å²) in [5.41, 5.74) is 1.46. The predicted octanol–water partition coefficient (Wildman–Crippen LogP) is 3.59. The minimum Gasteiger partial charge on any atom is -0.458 e. The summed E-state index contributed by atoms with van der Waals surface area (Å²) in [4.78, 5) is 41.0. The summed E-state index contributed by atoms with van der Waals surface area (Å²) in [6, 6.07) is 15.0. The maximum atomic E-state index is 13.3. The quantitative estimate of drug-likeness (QED) is 0.606. The number of hydrogen-bond acceptors (Lipinski definition) is 4. The molecular weight excluding hydrogens is 418 g/mol. The Morgan fingerprint density at radius 2 is 1.79 bits per heavy atom. The minimum absolute atomic E-state index is 0.289. The highest BCUT2D eigenvalue weighted by molar-refractivity contribution is 6.08. The average Bonchev–Trinajstić information content (AvgIpc) is 3.31. The number of aryl methyl sites for hydroxylation is 1. The van der Waals surface area contributed by atoms with E-state index in [0.29, 0.717) is 24.1 Å². The number of likely N-dealkylation sites (tertiary alicyclic amines) is 1. The van der Waals surface area contributed by atoms with Crippen LogP contribution < -0.4 is 5.32 Å². The Bertz CT molecular complexity index is 1190. The number of fused-ring (bicyclic) bond motifs is 1. The Morgan fingerprint density at radius 1 is 1.06 bits per heavy atom. The summed E-state index contributed by atoms with van der Waals surface area (Å²) in [5, 5.41) is 3.71. The first-order chi connectivity index (χ1) is 15.7. The molecule has 1 aromatic heterocycles. The monoisotopic (exact) mass is 447 g/mol. The number of carbonyl (C=O) groups excluding carboxylic acids is 3. The molecule has 7 nitrogen and oxygen atoms in total. The second-order valence-electron chi connectivity index (χ2n) is 9.36. The first-order valence-corrected chi connectivity index (χ1v) is 11.1. The highest BCUT2D eigenvalue weighted by Gasteiger charge is 2.42. The molecule has 172 valence electrons. The molecule has 3 aromatic rings. The fourth-order valence-corrected chi connectivity index (χ4v) is 4.26. The molecule has 1 fully saturated rings. The molecule has 2 amide bonds. The normalized spacial score (nSPS) is 17.3. The van der Waals surface area contributed by atoms with Crippen molar-refractivity contribution < 1.29 is 19.1 Å². The maximum absolute atomic E-state index is 13.3. The number of aromatic nitrogens is 1. The van der Waals surface area contributed by atoms with E-state index in [9.17, 15) is 14.4 Å². The third-order valence-electron chi connectivity index (χ3n) is 5.77. The van der Waals surface area contributed by atoms with Gasteiger partial charge in [-0.05, 0) is 51.0 Å². The second-order valence-corrected chi connectivity index (χ2v) is 9.36. The Morgan fingerprint density at radius 3 is 2.48 bits per heavy atom. The molecule has 0 saturated carbocycles. The van der Waals surface area contributed by atoms with Gasteiger partial charge < -0.3 is 19.5 Å². The first-order valence-electron chi connectivity index (χ1n) is 11.1. The van der Waals surface area contributed by atoms with Crippen molar-refractivity contribution in [1.29, 1.82) is 0 Å². The molecule has 1 aliphatic rings. The van der Waals surface area contributed by atoms with Crippen molar-refractivity contribution in [3.05, 3.63) is 71.9 Å². The van der Waals surface area contributed by atoms with E-state index in [-0.39, 0.29) is 11.8 Å². The van der Waals surface area contributed by atoms with Crippen molar-refractivity contribution in [2.45, 2.75) is 44.9 Å². The van der Waals surface area contributed by atoms with E-state index >= 15 is 0 Å². The van der Waals surface area contributed by atoms with Gasteiger partial charge in [-0.15, -0.1) is 0 Å². The molecule has 1 aliphatic heterocycles. The molecule has 2 aromatic carbocycles. The van der Waals surface area contributed by atoms with E-state index in [0.717, 1.165) is 10.9 Å². The number of ether oxygens (including phenoxy) is 1. The summed E-state index contributed by atoms with van der Waals surface area (Å²) in [5.74, 6) is -1.08. The summed E-state index contributed by atoms with van der Waals surface area (Å²) < 4.78 is 7.57. The van der Waals surface area contributed by atoms with Crippen molar-refractivity contribution in [2.24, 2.45) is 7.05 Å². The molecule has 0 spiro atoms. The number of carbonyl (C=O) groups is 3. The molecular formula is C26H29N3O4. The predicted molar refractivity (Wildman–Crippen MR) is 126 cm³/mol. The van der Waals surface area contributed by atoms with Crippen LogP contribution in [0.25, 0.3) is 10.9 Å². The van der Waals surface area contributed by atoms with Gasteiger partial charge in [0.2, 0.25) is 5.91 Å². The molecule has 0 radical (unpaired) electrons. The van der Waals surface area contributed by atoms with E-state index in [1.165, 1.54) is 4.90 Å². The van der Waals surface area contributed by atoms with Crippen molar-refractivity contribution in [3.8, 4) is 0 Å². The fourth-order valence-electron chi connectivity index (χ4n) is 4.26. The smallest absolute Gasteiger partial charge is 0.334 e. The molecule has 2 heterocycles. The lowest BCUT2D eigenvalue weighted by Gasteiger charge is -2.30. The van der Waals surface area contributed by atoms with Gasteiger partial charge in [0.05, 0.1) is 0 Å². The SMILES string of the molecule is Cn1ccc2c(C(=O)N[C@@H]3CCN([C@H](C(=O)OC(C)(C)C)c4ccccc4)C3=O)cccc21. The molecule has 4 rings (SSSR count). The van der Waals surface area contributed by atoms with E-state index in [1.54, 1.807) is 26.8 Å². The third kappa shape index (κ3) is 4.62. The van der Waals surface area contributed by atoms with Crippen LogP contribution in [-0.2, 0) is 21.4 Å². The number of rotatable bonds is 5. The molecule has 2 atom stereocenters. The highest BCUT2D eigenvalue weighted by Crippen LogP contribution is 2.29. The topological polar surface area (TPSA) is 80.6 Å². The largest absolute Gasteiger partial charge is 0.458 e. The minimum atomic E-state index is -0.864. The van der Waals surface area contributed by atoms with Crippen molar-refractivity contribution in [3.63, 3.8) is 0 Å². The van der Waals surface area contributed by atoms with Crippen LogP contribution in [0, 0.1) is 0 Å². The van der Waals surface area contributed by atoms with E-state index in [2.05, 4.69) is 5.32 Å². The van der Waals surface area contributed by atoms with Crippen LogP contribution in [0.5, 0.6) is 0 Å². The summed E-state index contributed by atoms with van der Waals surface area (Å²) in [6.45, 7) is 5.74. The number of esters is 1. The van der Waals surface area contributed by atoms with Crippen LogP contribution in [-0.4, -0.2) is 45.4 Å². The van der Waals surface area contributed by atoms with Crippen LogP contribution >= 0.6 is 0 Å². The van der Waals surface area contributed by atoms with Gasteiger partial charge in [0.25, 0.3) is 5.91 Å². The zero-order valence-electron chi connectivity index (χ0n) is 19.4. The van der Waals surface area contributed by atoms with Crippen molar-refractivity contribution >= 4 is 28.7 Å². The van der Waals surface area contributed by atoms with Gasteiger partial charge in [-0.25, -0.2) is 4.79 Å². The van der Waals surface area contributed by atoms with E-state index in [4.69, 9.17) is 4.74 Å². The Hall–Kier alpha value is -3.61. The Balaban J connectivity index is 1.56.